The summed E-state index contributed by atoms with van der Waals surface area (Å²) in [6.07, 6.45) is 5.02. The number of Topliss-reactive ketones (excluding diaryl/α,β-unsaturated/α-hetero) is 1. The highest BCUT2D eigenvalue weighted by Gasteiger charge is 2.42. The lowest BCUT2D eigenvalue weighted by molar-refractivity contribution is -0.154. The monoisotopic (exact) mass is 226 g/mol. The zero-order valence-corrected chi connectivity index (χ0v) is 11.2. The second kappa shape index (κ2) is 5.81. The average molecular weight is 226 g/mol. The fourth-order valence-corrected chi connectivity index (χ4v) is 2.60. The van der Waals surface area contributed by atoms with E-state index in [1.54, 1.807) is 0 Å². The largest absolute Gasteiger partial charge is 0.367 e. The molecule has 1 aliphatic carbocycles. The van der Waals surface area contributed by atoms with Crippen molar-refractivity contribution in [3.8, 4) is 0 Å². The smallest absolute Gasteiger partial charge is 0.167 e. The van der Waals surface area contributed by atoms with Crippen molar-refractivity contribution in [3.05, 3.63) is 0 Å². The Labute approximate surface area is 99.8 Å². The SMILES string of the molecule is CCOC1(C(=O)C(C)CC)CCC(C)CC1. The predicted molar refractivity (Wildman–Crippen MR) is 66.5 cm³/mol. The molecular formula is C14H26O2. The number of ketones is 1. The van der Waals surface area contributed by atoms with Crippen molar-refractivity contribution in [2.45, 2.75) is 65.4 Å². The molecule has 0 aromatic carbocycles. The Morgan fingerprint density at radius 3 is 2.38 bits per heavy atom. The highest BCUT2D eigenvalue weighted by molar-refractivity contribution is 5.89. The van der Waals surface area contributed by atoms with Crippen LogP contribution in [-0.4, -0.2) is 18.0 Å². The molecular weight excluding hydrogens is 200 g/mol. The first kappa shape index (κ1) is 13.7. The zero-order valence-electron chi connectivity index (χ0n) is 11.2. The average Bonchev–Trinajstić information content (AvgIpc) is 2.30. The maximum atomic E-state index is 12.4. The lowest BCUT2D eigenvalue weighted by atomic mass is 9.74. The van der Waals surface area contributed by atoms with Crippen molar-refractivity contribution >= 4 is 5.78 Å². The van der Waals surface area contributed by atoms with Gasteiger partial charge in [0.15, 0.2) is 5.78 Å². The van der Waals surface area contributed by atoms with Gasteiger partial charge in [-0.1, -0.05) is 20.8 Å². The number of ether oxygens (including phenoxy) is 1. The minimum atomic E-state index is -0.448. The van der Waals surface area contributed by atoms with Crippen molar-refractivity contribution in [2.75, 3.05) is 6.61 Å². The van der Waals surface area contributed by atoms with Crippen LogP contribution in [0.5, 0.6) is 0 Å². The van der Waals surface area contributed by atoms with E-state index in [0.717, 1.165) is 38.0 Å². The van der Waals surface area contributed by atoms with E-state index < -0.39 is 5.60 Å². The van der Waals surface area contributed by atoms with Gasteiger partial charge in [-0.25, -0.2) is 0 Å². The van der Waals surface area contributed by atoms with E-state index in [9.17, 15) is 4.79 Å². The Balaban J connectivity index is 2.76. The van der Waals surface area contributed by atoms with Gasteiger partial charge in [0.05, 0.1) is 0 Å². The first-order valence-electron chi connectivity index (χ1n) is 6.74. The van der Waals surface area contributed by atoms with Gasteiger partial charge < -0.3 is 4.74 Å². The molecule has 0 amide bonds. The minimum absolute atomic E-state index is 0.139. The lowest BCUT2D eigenvalue weighted by Gasteiger charge is -2.39. The molecule has 0 aromatic heterocycles. The molecule has 1 aliphatic rings. The molecule has 2 heteroatoms. The molecule has 0 aliphatic heterocycles. The third-order valence-corrected chi connectivity index (χ3v) is 4.01. The molecule has 0 saturated heterocycles. The van der Waals surface area contributed by atoms with E-state index in [0.29, 0.717) is 12.4 Å². The van der Waals surface area contributed by atoms with Crippen LogP contribution in [0.4, 0.5) is 0 Å². The molecule has 2 nitrogen and oxygen atoms in total. The molecule has 0 N–H and O–H groups in total. The quantitative estimate of drug-likeness (QED) is 0.716. The van der Waals surface area contributed by atoms with Gasteiger partial charge in [-0.15, -0.1) is 0 Å². The molecule has 16 heavy (non-hydrogen) atoms. The van der Waals surface area contributed by atoms with Gasteiger partial charge in [-0.2, -0.15) is 0 Å². The molecule has 1 atom stereocenters. The van der Waals surface area contributed by atoms with Crippen LogP contribution in [0.15, 0.2) is 0 Å². The highest BCUT2D eigenvalue weighted by Crippen LogP contribution is 2.37. The van der Waals surface area contributed by atoms with Crippen LogP contribution in [-0.2, 0) is 9.53 Å². The molecule has 0 heterocycles. The van der Waals surface area contributed by atoms with Gasteiger partial charge >= 0.3 is 0 Å². The zero-order chi connectivity index (χ0) is 12.2. The van der Waals surface area contributed by atoms with Crippen LogP contribution in [0.3, 0.4) is 0 Å². The van der Waals surface area contributed by atoms with E-state index in [-0.39, 0.29) is 5.92 Å². The number of hydrogen-bond donors (Lipinski definition) is 0. The Morgan fingerprint density at radius 2 is 1.94 bits per heavy atom. The molecule has 0 bridgehead atoms. The summed E-state index contributed by atoms with van der Waals surface area (Å²) in [5.41, 5.74) is -0.448. The second-order valence-corrected chi connectivity index (χ2v) is 5.28. The van der Waals surface area contributed by atoms with E-state index in [4.69, 9.17) is 4.74 Å². The molecule has 0 radical (unpaired) electrons. The lowest BCUT2D eigenvalue weighted by Crippen LogP contribution is -2.47. The van der Waals surface area contributed by atoms with Crippen molar-refractivity contribution in [1.29, 1.82) is 0 Å². The summed E-state index contributed by atoms with van der Waals surface area (Å²) < 4.78 is 5.85. The summed E-state index contributed by atoms with van der Waals surface area (Å²) in [4.78, 5) is 12.4. The molecule has 1 saturated carbocycles. The standard InChI is InChI=1S/C14H26O2/c1-5-12(4)13(15)14(16-6-2)9-7-11(3)8-10-14/h11-12H,5-10H2,1-4H3. The Kier molecular flexibility index (Phi) is 4.97. The molecule has 1 unspecified atom stereocenters. The van der Waals surface area contributed by atoms with Crippen molar-refractivity contribution in [1.82, 2.24) is 0 Å². The highest BCUT2D eigenvalue weighted by atomic mass is 16.5. The second-order valence-electron chi connectivity index (χ2n) is 5.28. The Morgan fingerprint density at radius 1 is 1.38 bits per heavy atom. The number of hydrogen-bond acceptors (Lipinski definition) is 2. The predicted octanol–water partition coefficient (Wildman–Crippen LogP) is 3.59. The topological polar surface area (TPSA) is 26.3 Å². The first-order valence-corrected chi connectivity index (χ1v) is 6.74. The molecule has 0 aromatic rings. The van der Waals surface area contributed by atoms with Gasteiger partial charge in [-0.3, -0.25) is 4.79 Å². The van der Waals surface area contributed by atoms with Crippen LogP contribution in [0.1, 0.15) is 59.8 Å². The van der Waals surface area contributed by atoms with Crippen LogP contribution in [0.2, 0.25) is 0 Å². The summed E-state index contributed by atoms with van der Waals surface area (Å²) in [6.45, 7) is 9.01. The molecule has 1 rings (SSSR count). The van der Waals surface area contributed by atoms with Crippen molar-refractivity contribution in [3.63, 3.8) is 0 Å². The van der Waals surface area contributed by atoms with E-state index in [2.05, 4.69) is 13.8 Å². The third-order valence-electron chi connectivity index (χ3n) is 4.01. The maximum Gasteiger partial charge on any atom is 0.167 e. The number of carbonyl (C=O) groups is 1. The molecule has 0 spiro atoms. The summed E-state index contributed by atoms with van der Waals surface area (Å²) in [6, 6.07) is 0. The molecule has 94 valence electrons. The van der Waals surface area contributed by atoms with Crippen molar-refractivity contribution in [2.24, 2.45) is 11.8 Å². The fraction of sp³-hybridized carbons (Fsp3) is 0.929. The summed E-state index contributed by atoms with van der Waals surface area (Å²) in [5.74, 6) is 1.22. The maximum absolute atomic E-state index is 12.4. The van der Waals surface area contributed by atoms with Crippen molar-refractivity contribution < 1.29 is 9.53 Å². The van der Waals surface area contributed by atoms with Gasteiger partial charge in [0, 0.05) is 12.5 Å². The number of rotatable bonds is 5. The molecule has 1 fully saturated rings. The third kappa shape index (κ3) is 2.85. The van der Waals surface area contributed by atoms with Gasteiger partial charge in [0.1, 0.15) is 5.60 Å². The van der Waals surface area contributed by atoms with Crippen LogP contribution >= 0.6 is 0 Å². The minimum Gasteiger partial charge on any atom is -0.367 e. The fourth-order valence-electron chi connectivity index (χ4n) is 2.60. The Hall–Kier alpha value is -0.370. The first-order chi connectivity index (χ1) is 7.55. The number of carbonyl (C=O) groups excluding carboxylic acids is 1. The van der Waals surface area contributed by atoms with E-state index in [1.165, 1.54) is 0 Å². The summed E-state index contributed by atoms with van der Waals surface area (Å²) in [7, 11) is 0. The van der Waals surface area contributed by atoms with E-state index >= 15 is 0 Å². The van der Waals surface area contributed by atoms with Crippen LogP contribution in [0, 0.1) is 11.8 Å². The van der Waals surface area contributed by atoms with Gasteiger partial charge in [0.25, 0.3) is 0 Å². The van der Waals surface area contributed by atoms with E-state index in [1.807, 2.05) is 13.8 Å². The normalized spacial score (nSPS) is 32.4. The summed E-state index contributed by atoms with van der Waals surface area (Å²) >= 11 is 0. The summed E-state index contributed by atoms with van der Waals surface area (Å²) in [5, 5.41) is 0. The van der Waals surface area contributed by atoms with Crippen LogP contribution < -0.4 is 0 Å². The van der Waals surface area contributed by atoms with Crippen LogP contribution in [0.25, 0.3) is 0 Å². The van der Waals surface area contributed by atoms with Gasteiger partial charge in [-0.05, 0) is 44.9 Å². The Bertz CT molecular complexity index is 227. The van der Waals surface area contributed by atoms with Gasteiger partial charge in [0.2, 0.25) is 0 Å².